The van der Waals surface area contributed by atoms with Crippen molar-refractivity contribution in [1.82, 2.24) is 15.5 Å². The van der Waals surface area contributed by atoms with E-state index in [9.17, 15) is 4.79 Å². The van der Waals surface area contributed by atoms with Crippen LogP contribution in [0.15, 0.2) is 0 Å². The molecule has 2 N–H and O–H groups in total. The number of nitrogens with one attached hydrogen (secondary N) is 2. The molecule has 5 heteroatoms. The number of rotatable bonds is 3. The van der Waals surface area contributed by atoms with Gasteiger partial charge in [-0.1, -0.05) is 0 Å². The van der Waals surface area contributed by atoms with Crippen molar-refractivity contribution < 1.29 is 9.53 Å². The van der Waals surface area contributed by atoms with Gasteiger partial charge >= 0.3 is 6.09 Å². The summed E-state index contributed by atoms with van der Waals surface area (Å²) in [5.41, 5.74) is -0.273. The Morgan fingerprint density at radius 3 is 2.67 bits per heavy atom. The normalized spacial score (nSPS) is 20.5. The smallest absolute Gasteiger partial charge is 0.407 e. The molecule has 1 saturated heterocycles. The molecule has 18 heavy (non-hydrogen) atoms. The number of hydrogen-bond donors (Lipinski definition) is 2. The van der Waals surface area contributed by atoms with Crippen LogP contribution in [0.1, 0.15) is 34.6 Å². The lowest BCUT2D eigenvalue weighted by Gasteiger charge is -2.39. The van der Waals surface area contributed by atoms with Gasteiger partial charge in [-0.3, -0.25) is 4.90 Å². The summed E-state index contributed by atoms with van der Waals surface area (Å²) in [4.78, 5) is 13.8. The number of amides is 1. The van der Waals surface area contributed by atoms with Crippen LogP contribution in [-0.2, 0) is 4.74 Å². The minimum absolute atomic E-state index is 0.157. The highest BCUT2D eigenvalue weighted by molar-refractivity contribution is 5.67. The first-order valence-electron chi connectivity index (χ1n) is 6.62. The molecule has 1 amide bonds. The van der Waals surface area contributed by atoms with Crippen molar-refractivity contribution in [2.75, 3.05) is 32.7 Å². The molecule has 0 aromatic heterocycles. The Labute approximate surface area is 110 Å². The van der Waals surface area contributed by atoms with Crippen molar-refractivity contribution in [2.24, 2.45) is 0 Å². The fourth-order valence-electron chi connectivity index (χ4n) is 2.07. The van der Waals surface area contributed by atoms with Gasteiger partial charge < -0.3 is 15.4 Å². The van der Waals surface area contributed by atoms with Gasteiger partial charge in [0.1, 0.15) is 5.60 Å². The molecule has 0 radical (unpaired) electrons. The lowest BCUT2D eigenvalue weighted by Crippen LogP contribution is -2.57. The van der Waals surface area contributed by atoms with Crippen molar-refractivity contribution in [3.63, 3.8) is 0 Å². The van der Waals surface area contributed by atoms with Crippen molar-refractivity contribution in [2.45, 2.75) is 45.8 Å². The third-order valence-corrected chi connectivity index (χ3v) is 2.75. The van der Waals surface area contributed by atoms with E-state index < -0.39 is 5.60 Å². The Morgan fingerprint density at radius 1 is 1.44 bits per heavy atom. The fraction of sp³-hybridized carbons (Fsp3) is 0.923. The number of carbonyl (C=O) groups is 1. The van der Waals surface area contributed by atoms with Crippen LogP contribution in [0, 0.1) is 0 Å². The van der Waals surface area contributed by atoms with E-state index in [1.54, 1.807) is 0 Å². The third-order valence-electron chi connectivity index (χ3n) is 2.75. The quantitative estimate of drug-likeness (QED) is 0.797. The Bertz CT molecular complexity index is 284. The number of nitrogens with zero attached hydrogens (tertiary/aromatic N) is 1. The molecule has 106 valence electrons. The fourth-order valence-corrected chi connectivity index (χ4v) is 2.07. The van der Waals surface area contributed by atoms with Crippen LogP contribution < -0.4 is 10.6 Å². The molecular weight excluding hydrogens is 230 g/mol. The molecule has 1 aliphatic rings. The van der Waals surface area contributed by atoms with Crippen molar-refractivity contribution in [3.8, 4) is 0 Å². The number of carbonyl (C=O) groups excluding carboxylic acids is 1. The standard InChI is InChI=1S/C13H27N3O2/c1-12(2,3)18-11(17)14-6-8-16-9-7-15-13(4,5)10-16/h15H,6-10H2,1-5H3,(H,14,17). The van der Waals surface area contributed by atoms with Crippen LogP contribution in [0.4, 0.5) is 4.79 Å². The second-order valence-electron chi connectivity index (χ2n) is 6.52. The minimum atomic E-state index is -0.429. The van der Waals surface area contributed by atoms with Gasteiger partial charge in [0, 0.05) is 38.3 Å². The summed E-state index contributed by atoms with van der Waals surface area (Å²) in [7, 11) is 0. The number of hydrogen-bond acceptors (Lipinski definition) is 4. The predicted molar refractivity (Wildman–Crippen MR) is 72.8 cm³/mol. The largest absolute Gasteiger partial charge is 0.444 e. The van der Waals surface area contributed by atoms with Gasteiger partial charge in [0.15, 0.2) is 0 Å². The maximum Gasteiger partial charge on any atom is 0.407 e. The number of ether oxygens (including phenoxy) is 1. The summed E-state index contributed by atoms with van der Waals surface area (Å²) < 4.78 is 5.19. The van der Waals surface area contributed by atoms with Gasteiger partial charge in [-0.2, -0.15) is 0 Å². The van der Waals surface area contributed by atoms with Crippen molar-refractivity contribution in [1.29, 1.82) is 0 Å². The van der Waals surface area contributed by atoms with Crippen LogP contribution in [0.25, 0.3) is 0 Å². The summed E-state index contributed by atoms with van der Waals surface area (Å²) in [6.07, 6.45) is -0.336. The Morgan fingerprint density at radius 2 is 2.11 bits per heavy atom. The van der Waals surface area contributed by atoms with Gasteiger partial charge in [0.05, 0.1) is 0 Å². The molecule has 5 nitrogen and oxygen atoms in total. The van der Waals surface area contributed by atoms with E-state index in [-0.39, 0.29) is 11.6 Å². The first kappa shape index (κ1) is 15.2. The topological polar surface area (TPSA) is 53.6 Å². The van der Waals surface area contributed by atoms with E-state index in [1.165, 1.54) is 0 Å². The average Bonchev–Trinajstić information content (AvgIpc) is 2.12. The number of piperazine rings is 1. The zero-order chi connectivity index (χ0) is 13.8. The van der Waals surface area contributed by atoms with Gasteiger partial charge in [-0.25, -0.2) is 4.79 Å². The summed E-state index contributed by atoms with van der Waals surface area (Å²) >= 11 is 0. The monoisotopic (exact) mass is 257 g/mol. The van der Waals surface area contributed by atoms with Gasteiger partial charge in [-0.05, 0) is 34.6 Å². The average molecular weight is 257 g/mol. The molecule has 0 aromatic carbocycles. The summed E-state index contributed by atoms with van der Waals surface area (Å²) in [6, 6.07) is 0. The van der Waals surface area contributed by atoms with E-state index in [1.807, 2.05) is 20.8 Å². The highest BCUT2D eigenvalue weighted by Crippen LogP contribution is 2.09. The third kappa shape index (κ3) is 6.21. The Balaban J connectivity index is 2.20. The second kappa shape index (κ2) is 5.89. The maximum atomic E-state index is 11.5. The zero-order valence-corrected chi connectivity index (χ0v) is 12.3. The molecule has 1 aliphatic heterocycles. The Hall–Kier alpha value is -0.810. The van der Waals surface area contributed by atoms with Crippen LogP contribution in [-0.4, -0.2) is 54.9 Å². The lowest BCUT2D eigenvalue weighted by molar-refractivity contribution is 0.0517. The van der Waals surface area contributed by atoms with Crippen LogP contribution in [0.3, 0.4) is 0 Å². The van der Waals surface area contributed by atoms with E-state index in [0.717, 1.165) is 26.2 Å². The minimum Gasteiger partial charge on any atom is -0.444 e. The first-order valence-corrected chi connectivity index (χ1v) is 6.62. The van der Waals surface area contributed by atoms with Gasteiger partial charge in [0.25, 0.3) is 0 Å². The second-order valence-corrected chi connectivity index (χ2v) is 6.52. The lowest BCUT2D eigenvalue weighted by atomic mass is 10.0. The number of alkyl carbamates (subject to hydrolysis) is 1. The predicted octanol–water partition coefficient (Wildman–Crippen LogP) is 1.19. The summed E-state index contributed by atoms with van der Waals surface area (Å²) in [5, 5.41) is 6.26. The molecule has 0 bridgehead atoms. The Kier molecular flexibility index (Phi) is 4.99. The zero-order valence-electron chi connectivity index (χ0n) is 12.3. The van der Waals surface area contributed by atoms with E-state index in [2.05, 4.69) is 29.4 Å². The molecule has 1 fully saturated rings. The van der Waals surface area contributed by atoms with Crippen molar-refractivity contribution in [3.05, 3.63) is 0 Å². The van der Waals surface area contributed by atoms with Crippen LogP contribution >= 0.6 is 0 Å². The first-order chi connectivity index (χ1) is 8.18. The SMILES string of the molecule is CC1(C)CN(CCNC(=O)OC(C)(C)C)CCN1. The van der Waals surface area contributed by atoms with Gasteiger partial charge in [-0.15, -0.1) is 0 Å². The molecule has 1 rings (SSSR count). The van der Waals surface area contributed by atoms with Crippen LogP contribution in [0.5, 0.6) is 0 Å². The molecule has 0 aliphatic carbocycles. The highest BCUT2D eigenvalue weighted by atomic mass is 16.6. The van der Waals surface area contributed by atoms with E-state index in [0.29, 0.717) is 6.54 Å². The molecule has 0 aromatic rings. The van der Waals surface area contributed by atoms with Crippen LogP contribution in [0.2, 0.25) is 0 Å². The molecule has 0 spiro atoms. The molecule has 1 heterocycles. The molecular formula is C13H27N3O2. The molecule has 0 unspecified atom stereocenters. The summed E-state index contributed by atoms with van der Waals surface area (Å²) in [5.74, 6) is 0. The highest BCUT2D eigenvalue weighted by Gasteiger charge is 2.25. The molecule has 0 saturated carbocycles. The maximum absolute atomic E-state index is 11.5. The van der Waals surface area contributed by atoms with E-state index in [4.69, 9.17) is 4.74 Å². The van der Waals surface area contributed by atoms with Crippen molar-refractivity contribution >= 4 is 6.09 Å². The van der Waals surface area contributed by atoms with Gasteiger partial charge in [0.2, 0.25) is 0 Å². The van der Waals surface area contributed by atoms with E-state index >= 15 is 0 Å². The summed E-state index contributed by atoms with van der Waals surface area (Å²) in [6.45, 7) is 14.5. The molecule has 0 atom stereocenters.